The van der Waals surface area contributed by atoms with Gasteiger partial charge in [-0.05, 0) is 18.2 Å². The summed E-state index contributed by atoms with van der Waals surface area (Å²) >= 11 is 0. The van der Waals surface area contributed by atoms with Gasteiger partial charge in [0.05, 0.1) is 7.11 Å². The second-order valence-corrected chi connectivity index (χ2v) is 3.19. The average Bonchev–Trinajstić information content (AvgIpc) is 2.29. The molecule has 1 heterocycles. The molecule has 0 saturated heterocycles. The first-order chi connectivity index (χ1) is 7.70. The largest absolute Gasteiger partial charge is 0.467 e. The van der Waals surface area contributed by atoms with Gasteiger partial charge in [0.25, 0.3) is 0 Å². The van der Waals surface area contributed by atoms with Crippen LogP contribution >= 0.6 is 0 Å². The zero-order valence-corrected chi connectivity index (χ0v) is 8.64. The lowest BCUT2D eigenvalue weighted by Crippen LogP contribution is -1.94. The highest BCUT2D eigenvalue weighted by molar-refractivity contribution is 5.75. The maximum atomic E-state index is 12.9. The van der Waals surface area contributed by atoms with Crippen molar-refractivity contribution in [3.05, 3.63) is 36.4 Å². The van der Waals surface area contributed by atoms with Crippen LogP contribution < -0.4 is 10.5 Å². The smallest absolute Gasteiger partial charge is 0.316 e. The molecule has 0 aliphatic rings. The van der Waals surface area contributed by atoms with E-state index in [2.05, 4.69) is 9.97 Å². The number of ether oxygens (including phenoxy) is 1. The molecule has 2 rings (SSSR count). The molecule has 0 radical (unpaired) electrons. The minimum atomic E-state index is -0.365. The Balaban J connectivity index is 2.42. The van der Waals surface area contributed by atoms with Crippen LogP contribution in [0, 0.1) is 5.82 Å². The summed E-state index contributed by atoms with van der Waals surface area (Å²) in [6.07, 6.45) is 3.16. The van der Waals surface area contributed by atoms with Crippen LogP contribution in [0.2, 0.25) is 0 Å². The number of hydrogen-bond acceptors (Lipinski definition) is 4. The molecular formula is C11H10FN3O. The topological polar surface area (TPSA) is 61.0 Å². The lowest BCUT2D eigenvalue weighted by Gasteiger charge is -2.05. The number of methoxy groups -OCH3 is 1. The summed E-state index contributed by atoms with van der Waals surface area (Å²) in [4.78, 5) is 7.91. The van der Waals surface area contributed by atoms with Crippen molar-refractivity contribution < 1.29 is 9.13 Å². The Labute approximate surface area is 91.9 Å². The van der Waals surface area contributed by atoms with Crippen LogP contribution in [0.15, 0.2) is 30.6 Å². The molecule has 0 saturated carbocycles. The minimum Gasteiger partial charge on any atom is -0.467 e. The molecule has 4 nitrogen and oxygen atoms in total. The van der Waals surface area contributed by atoms with Crippen molar-refractivity contribution in [2.75, 3.05) is 12.8 Å². The van der Waals surface area contributed by atoms with E-state index in [1.54, 1.807) is 18.5 Å². The molecule has 0 aliphatic carbocycles. The number of aromatic nitrogens is 2. The number of halogens is 1. The molecule has 0 amide bonds. The van der Waals surface area contributed by atoms with Crippen LogP contribution in [-0.2, 0) is 0 Å². The van der Waals surface area contributed by atoms with E-state index < -0.39 is 0 Å². The molecule has 5 heteroatoms. The SMILES string of the molecule is COc1ncc(-c2ccc(F)cc2N)cn1. The van der Waals surface area contributed by atoms with E-state index in [4.69, 9.17) is 10.5 Å². The van der Waals surface area contributed by atoms with E-state index in [0.29, 0.717) is 11.3 Å². The second-order valence-electron chi connectivity index (χ2n) is 3.19. The van der Waals surface area contributed by atoms with E-state index >= 15 is 0 Å². The maximum absolute atomic E-state index is 12.9. The Morgan fingerprint density at radius 2 is 1.94 bits per heavy atom. The third-order valence-corrected chi connectivity index (χ3v) is 2.14. The Bertz CT molecular complexity index is 499. The van der Waals surface area contributed by atoms with Gasteiger partial charge in [-0.15, -0.1) is 0 Å². The number of nitrogens with zero attached hydrogens (tertiary/aromatic N) is 2. The summed E-state index contributed by atoms with van der Waals surface area (Å²) in [7, 11) is 1.49. The van der Waals surface area contributed by atoms with Crippen molar-refractivity contribution in [3.8, 4) is 17.1 Å². The van der Waals surface area contributed by atoms with Crippen molar-refractivity contribution in [1.29, 1.82) is 0 Å². The minimum absolute atomic E-state index is 0.282. The van der Waals surface area contributed by atoms with Gasteiger partial charge in [-0.1, -0.05) is 0 Å². The lowest BCUT2D eigenvalue weighted by molar-refractivity contribution is 0.380. The molecule has 1 aromatic carbocycles. The molecule has 0 bridgehead atoms. The average molecular weight is 219 g/mol. The van der Waals surface area contributed by atoms with Gasteiger partial charge in [0, 0.05) is 29.2 Å². The molecule has 0 aliphatic heterocycles. The van der Waals surface area contributed by atoms with Gasteiger partial charge in [-0.25, -0.2) is 14.4 Å². The molecule has 2 aromatic rings. The van der Waals surface area contributed by atoms with Crippen LogP contribution in [0.5, 0.6) is 6.01 Å². The summed E-state index contributed by atoms with van der Waals surface area (Å²) in [5.41, 5.74) is 7.47. The number of nitrogen functional groups attached to an aromatic ring is 1. The summed E-state index contributed by atoms with van der Waals surface area (Å²) in [6.45, 7) is 0. The number of hydrogen-bond donors (Lipinski definition) is 1. The van der Waals surface area contributed by atoms with E-state index in [-0.39, 0.29) is 11.8 Å². The van der Waals surface area contributed by atoms with Gasteiger partial charge in [0.15, 0.2) is 0 Å². The molecular weight excluding hydrogens is 209 g/mol. The summed E-state index contributed by atoms with van der Waals surface area (Å²) in [5, 5.41) is 0. The standard InChI is InChI=1S/C11H10FN3O/c1-16-11-14-5-7(6-15-11)9-3-2-8(12)4-10(9)13/h2-6H,13H2,1H3. The Kier molecular flexibility index (Phi) is 2.68. The highest BCUT2D eigenvalue weighted by atomic mass is 19.1. The monoisotopic (exact) mass is 219 g/mol. The molecule has 0 spiro atoms. The number of rotatable bonds is 2. The number of nitrogens with two attached hydrogens (primary N) is 1. The Hall–Kier alpha value is -2.17. The van der Waals surface area contributed by atoms with Crippen LogP contribution in [0.4, 0.5) is 10.1 Å². The fourth-order valence-corrected chi connectivity index (χ4v) is 1.36. The highest BCUT2D eigenvalue weighted by Crippen LogP contribution is 2.25. The lowest BCUT2D eigenvalue weighted by atomic mass is 10.1. The quantitative estimate of drug-likeness (QED) is 0.783. The predicted octanol–water partition coefficient (Wildman–Crippen LogP) is 1.87. The zero-order chi connectivity index (χ0) is 11.5. The van der Waals surface area contributed by atoms with Crippen molar-refractivity contribution in [3.63, 3.8) is 0 Å². The zero-order valence-electron chi connectivity index (χ0n) is 8.64. The van der Waals surface area contributed by atoms with E-state index in [1.165, 1.54) is 19.2 Å². The summed E-state index contributed by atoms with van der Waals surface area (Å²) in [6, 6.07) is 4.48. The fraction of sp³-hybridized carbons (Fsp3) is 0.0909. The molecule has 0 unspecified atom stereocenters. The van der Waals surface area contributed by atoms with E-state index in [0.717, 1.165) is 5.56 Å². The fourth-order valence-electron chi connectivity index (χ4n) is 1.36. The number of benzene rings is 1. The number of anilines is 1. The van der Waals surface area contributed by atoms with Gasteiger partial charge in [0.1, 0.15) is 5.82 Å². The van der Waals surface area contributed by atoms with Gasteiger partial charge >= 0.3 is 6.01 Å². The summed E-state index contributed by atoms with van der Waals surface area (Å²) < 4.78 is 17.7. The van der Waals surface area contributed by atoms with Crippen LogP contribution in [0.3, 0.4) is 0 Å². The van der Waals surface area contributed by atoms with Crippen LogP contribution in [0.1, 0.15) is 0 Å². The first-order valence-corrected chi connectivity index (χ1v) is 4.62. The van der Waals surface area contributed by atoms with Crippen molar-refractivity contribution >= 4 is 5.69 Å². The summed E-state index contributed by atoms with van der Waals surface area (Å²) in [5.74, 6) is -0.365. The van der Waals surface area contributed by atoms with Crippen molar-refractivity contribution in [2.45, 2.75) is 0 Å². The normalized spacial score (nSPS) is 10.1. The van der Waals surface area contributed by atoms with Crippen molar-refractivity contribution in [1.82, 2.24) is 9.97 Å². The first-order valence-electron chi connectivity index (χ1n) is 4.62. The third kappa shape index (κ3) is 1.93. The van der Waals surface area contributed by atoms with Gasteiger partial charge in [0.2, 0.25) is 0 Å². The van der Waals surface area contributed by atoms with E-state index in [1.807, 2.05) is 0 Å². The van der Waals surface area contributed by atoms with Crippen molar-refractivity contribution in [2.24, 2.45) is 0 Å². The molecule has 0 atom stereocenters. The van der Waals surface area contributed by atoms with Crippen LogP contribution in [0.25, 0.3) is 11.1 Å². The van der Waals surface area contributed by atoms with Crippen LogP contribution in [-0.4, -0.2) is 17.1 Å². The first kappa shape index (κ1) is 10.4. The molecule has 2 N–H and O–H groups in total. The Morgan fingerprint density at radius 3 is 2.50 bits per heavy atom. The maximum Gasteiger partial charge on any atom is 0.316 e. The van der Waals surface area contributed by atoms with Gasteiger partial charge in [-0.3, -0.25) is 0 Å². The van der Waals surface area contributed by atoms with Gasteiger partial charge < -0.3 is 10.5 Å². The molecule has 1 aromatic heterocycles. The van der Waals surface area contributed by atoms with E-state index in [9.17, 15) is 4.39 Å². The molecule has 16 heavy (non-hydrogen) atoms. The predicted molar refractivity (Wildman–Crippen MR) is 58.4 cm³/mol. The molecule has 0 fully saturated rings. The third-order valence-electron chi connectivity index (χ3n) is 2.14. The van der Waals surface area contributed by atoms with Gasteiger partial charge in [-0.2, -0.15) is 0 Å². The second kappa shape index (κ2) is 4.14. The Morgan fingerprint density at radius 1 is 1.25 bits per heavy atom. The highest BCUT2D eigenvalue weighted by Gasteiger charge is 2.05. The molecule has 82 valence electrons.